The van der Waals surface area contributed by atoms with E-state index >= 15 is 0 Å². The maximum atomic E-state index is 5.74. The lowest BCUT2D eigenvalue weighted by Gasteiger charge is -2.22. The molecular formula is C18H28IN3O2. The van der Waals surface area contributed by atoms with Gasteiger partial charge in [-0.25, -0.2) is 0 Å². The molecule has 2 heterocycles. The summed E-state index contributed by atoms with van der Waals surface area (Å²) in [7, 11) is 1.85. The topological polar surface area (TPSA) is 46.1 Å². The molecule has 0 radical (unpaired) electrons. The number of hydrogen-bond donors (Lipinski definition) is 1. The fourth-order valence-electron chi connectivity index (χ4n) is 3.19. The smallest absolute Gasteiger partial charge is 0.198 e. The Hall–Kier alpha value is -0.860. The van der Waals surface area contributed by atoms with Crippen LogP contribution in [-0.2, 0) is 15.9 Å². The van der Waals surface area contributed by atoms with E-state index in [1.165, 1.54) is 11.3 Å². The van der Waals surface area contributed by atoms with Crippen LogP contribution in [0.1, 0.15) is 18.4 Å². The van der Waals surface area contributed by atoms with Gasteiger partial charge < -0.3 is 19.7 Å². The Kier molecular flexibility index (Phi) is 8.28. The summed E-state index contributed by atoms with van der Waals surface area (Å²) in [5, 5.41) is 3.45. The summed E-state index contributed by atoms with van der Waals surface area (Å²) in [6.45, 7) is 5.25. The van der Waals surface area contributed by atoms with Gasteiger partial charge in [0, 0.05) is 45.0 Å². The Morgan fingerprint density at radius 3 is 3.08 bits per heavy atom. The van der Waals surface area contributed by atoms with Crippen LogP contribution in [0.25, 0.3) is 0 Å². The molecule has 0 spiro atoms. The third kappa shape index (κ3) is 5.07. The number of benzene rings is 1. The van der Waals surface area contributed by atoms with E-state index in [0.717, 1.165) is 64.7 Å². The van der Waals surface area contributed by atoms with Gasteiger partial charge in [-0.1, -0.05) is 18.2 Å². The lowest BCUT2D eigenvalue weighted by atomic mass is 10.1. The van der Waals surface area contributed by atoms with Crippen molar-refractivity contribution in [2.45, 2.75) is 19.3 Å². The molecule has 3 rings (SSSR count). The Bertz CT molecular complexity index is 533. The van der Waals surface area contributed by atoms with Crippen molar-refractivity contribution in [3.63, 3.8) is 0 Å². The summed E-state index contributed by atoms with van der Waals surface area (Å²) >= 11 is 0. The highest BCUT2D eigenvalue weighted by molar-refractivity contribution is 14.0. The predicted octanol–water partition coefficient (Wildman–Crippen LogP) is 2.69. The van der Waals surface area contributed by atoms with E-state index in [-0.39, 0.29) is 24.0 Å². The minimum Gasteiger partial charge on any atom is -0.381 e. The average Bonchev–Trinajstić information content (AvgIpc) is 3.24. The molecule has 2 aliphatic rings. The Morgan fingerprint density at radius 1 is 1.42 bits per heavy atom. The van der Waals surface area contributed by atoms with Gasteiger partial charge in [0.25, 0.3) is 0 Å². The van der Waals surface area contributed by atoms with E-state index in [0.29, 0.717) is 5.92 Å². The molecule has 0 aromatic heterocycles. The van der Waals surface area contributed by atoms with Gasteiger partial charge in [-0.2, -0.15) is 0 Å². The maximum Gasteiger partial charge on any atom is 0.198 e. The monoisotopic (exact) mass is 445 g/mol. The van der Waals surface area contributed by atoms with Gasteiger partial charge in [0.15, 0.2) is 5.96 Å². The van der Waals surface area contributed by atoms with Gasteiger partial charge in [-0.15, -0.1) is 24.0 Å². The first-order valence-electron chi connectivity index (χ1n) is 8.60. The highest BCUT2D eigenvalue weighted by Crippen LogP contribution is 2.27. The molecule has 134 valence electrons. The summed E-state index contributed by atoms with van der Waals surface area (Å²) in [6, 6.07) is 8.56. The Labute approximate surface area is 161 Å². The van der Waals surface area contributed by atoms with E-state index in [9.17, 15) is 0 Å². The normalized spacial score (nSPS) is 20.0. The number of para-hydroxylation sites is 1. The van der Waals surface area contributed by atoms with E-state index in [2.05, 4.69) is 39.5 Å². The molecule has 0 bridgehead atoms. The number of ether oxygens (including phenoxy) is 2. The predicted molar refractivity (Wildman–Crippen MR) is 109 cm³/mol. The number of rotatable bonds is 6. The number of halogens is 1. The van der Waals surface area contributed by atoms with Crippen LogP contribution >= 0.6 is 24.0 Å². The molecule has 1 atom stereocenters. The fourth-order valence-corrected chi connectivity index (χ4v) is 3.19. The quantitative estimate of drug-likeness (QED) is 0.317. The molecule has 0 aliphatic carbocycles. The van der Waals surface area contributed by atoms with Gasteiger partial charge in [0.1, 0.15) is 0 Å². The van der Waals surface area contributed by atoms with Crippen LogP contribution in [0.15, 0.2) is 29.3 Å². The minimum atomic E-state index is 0. The number of nitrogens with zero attached hydrogens (tertiary/aromatic N) is 2. The van der Waals surface area contributed by atoms with Gasteiger partial charge >= 0.3 is 0 Å². The van der Waals surface area contributed by atoms with E-state index in [4.69, 9.17) is 9.47 Å². The number of aliphatic imine (C=N–C) groups is 1. The van der Waals surface area contributed by atoms with Crippen LogP contribution in [0.3, 0.4) is 0 Å². The summed E-state index contributed by atoms with van der Waals surface area (Å²) in [5.74, 6) is 1.55. The second-order valence-corrected chi connectivity index (χ2v) is 6.16. The summed E-state index contributed by atoms with van der Waals surface area (Å²) in [5.41, 5.74) is 2.68. The zero-order valence-corrected chi connectivity index (χ0v) is 16.7. The summed E-state index contributed by atoms with van der Waals surface area (Å²) in [4.78, 5) is 6.69. The fraction of sp³-hybridized carbons (Fsp3) is 0.611. The molecule has 6 heteroatoms. The lowest BCUT2D eigenvalue weighted by Crippen LogP contribution is -2.41. The molecule has 0 amide bonds. The van der Waals surface area contributed by atoms with Crippen LogP contribution < -0.4 is 10.2 Å². The van der Waals surface area contributed by atoms with Crippen LogP contribution in [0.4, 0.5) is 5.69 Å². The van der Waals surface area contributed by atoms with Gasteiger partial charge in [-0.3, -0.25) is 4.99 Å². The molecule has 1 fully saturated rings. The lowest BCUT2D eigenvalue weighted by molar-refractivity contribution is 0.0888. The van der Waals surface area contributed by atoms with Crippen molar-refractivity contribution < 1.29 is 9.47 Å². The zero-order chi connectivity index (χ0) is 15.9. The van der Waals surface area contributed by atoms with Crippen molar-refractivity contribution in [1.29, 1.82) is 0 Å². The molecule has 1 unspecified atom stereocenters. The number of nitrogens with one attached hydrogen (secondary N) is 1. The third-order valence-electron chi connectivity index (χ3n) is 4.48. The highest BCUT2D eigenvalue weighted by Gasteiger charge is 2.22. The SMILES string of the molecule is CN=C(NCCCOCC1CCOC1)N1CCc2ccccc21.I. The van der Waals surface area contributed by atoms with Crippen molar-refractivity contribution in [1.82, 2.24) is 5.32 Å². The number of fused-ring (bicyclic) bond motifs is 1. The third-order valence-corrected chi connectivity index (χ3v) is 4.48. The second-order valence-electron chi connectivity index (χ2n) is 6.16. The Morgan fingerprint density at radius 2 is 2.29 bits per heavy atom. The first-order chi connectivity index (χ1) is 11.4. The van der Waals surface area contributed by atoms with E-state index in [1.807, 2.05) is 7.05 Å². The molecule has 1 aromatic rings. The average molecular weight is 445 g/mol. The molecule has 24 heavy (non-hydrogen) atoms. The maximum absolute atomic E-state index is 5.74. The first-order valence-corrected chi connectivity index (χ1v) is 8.60. The number of anilines is 1. The summed E-state index contributed by atoms with van der Waals surface area (Å²) < 4.78 is 11.1. The van der Waals surface area contributed by atoms with Gasteiger partial charge in [-0.05, 0) is 30.9 Å². The van der Waals surface area contributed by atoms with Crippen molar-refractivity contribution in [3.05, 3.63) is 29.8 Å². The van der Waals surface area contributed by atoms with Crippen molar-refractivity contribution >= 4 is 35.6 Å². The van der Waals surface area contributed by atoms with Crippen LogP contribution in [0.5, 0.6) is 0 Å². The largest absolute Gasteiger partial charge is 0.381 e. The first kappa shape index (κ1) is 19.5. The molecule has 1 N–H and O–H groups in total. The molecule has 2 aliphatic heterocycles. The Balaban J connectivity index is 0.00000208. The van der Waals surface area contributed by atoms with Crippen LogP contribution in [-0.4, -0.2) is 52.5 Å². The molecular weight excluding hydrogens is 417 g/mol. The molecule has 0 saturated carbocycles. The number of guanidine groups is 1. The number of hydrogen-bond acceptors (Lipinski definition) is 3. The van der Waals surface area contributed by atoms with E-state index < -0.39 is 0 Å². The standard InChI is InChI=1S/C18H27N3O2.HI/c1-19-18(21-10-7-16-5-2-3-6-17(16)21)20-9-4-11-22-13-15-8-12-23-14-15;/h2-3,5-6,15H,4,7-14H2,1H3,(H,19,20);1H. The van der Waals surface area contributed by atoms with Crippen molar-refractivity contribution in [3.8, 4) is 0 Å². The van der Waals surface area contributed by atoms with Crippen LogP contribution in [0, 0.1) is 5.92 Å². The van der Waals surface area contributed by atoms with Gasteiger partial charge in [0.2, 0.25) is 0 Å². The molecule has 1 saturated heterocycles. The molecule has 1 aromatic carbocycles. The van der Waals surface area contributed by atoms with E-state index in [1.54, 1.807) is 0 Å². The van der Waals surface area contributed by atoms with Crippen LogP contribution in [0.2, 0.25) is 0 Å². The summed E-state index contributed by atoms with van der Waals surface area (Å²) in [6.07, 6.45) is 3.21. The second kappa shape index (κ2) is 10.2. The highest BCUT2D eigenvalue weighted by atomic mass is 127. The van der Waals surface area contributed by atoms with Crippen molar-refractivity contribution in [2.24, 2.45) is 10.9 Å². The van der Waals surface area contributed by atoms with Gasteiger partial charge in [0.05, 0.1) is 13.2 Å². The zero-order valence-electron chi connectivity index (χ0n) is 14.4. The van der Waals surface area contributed by atoms with Crippen molar-refractivity contribution in [2.75, 3.05) is 51.5 Å². The minimum absolute atomic E-state index is 0. The molecule has 5 nitrogen and oxygen atoms in total.